The molecule has 3 nitrogen and oxygen atoms in total. The van der Waals surface area contributed by atoms with Gasteiger partial charge in [-0.3, -0.25) is 0 Å². The summed E-state index contributed by atoms with van der Waals surface area (Å²) in [6.45, 7) is 4.66. The number of benzene rings is 1. The van der Waals surface area contributed by atoms with Gasteiger partial charge in [0.25, 0.3) is 0 Å². The molecule has 0 bridgehead atoms. The van der Waals surface area contributed by atoms with Gasteiger partial charge in [0.2, 0.25) is 0 Å². The van der Waals surface area contributed by atoms with E-state index in [-0.39, 0.29) is 6.29 Å². The SMILES string of the molecule is CC1C=Cc2ccccc2N1CCC1OCCO1. The highest BCUT2D eigenvalue weighted by atomic mass is 16.7. The standard InChI is InChI=1S/C15H19NO2/c1-12-6-7-13-4-2-3-5-14(13)16(12)9-8-15-17-10-11-18-15/h2-7,12,15H,8-11H2,1H3. The van der Waals surface area contributed by atoms with Crippen molar-refractivity contribution in [3.63, 3.8) is 0 Å². The molecule has 0 spiro atoms. The minimum absolute atomic E-state index is 0.0183. The lowest BCUT2D eigenvalue weighted by atomic mass is 10.0. The third-order valence-electron chi connectivity index (χ3n) is 3.59. The summed E-state index contributed by atoms with van der Waals surface area (Å²) in [4.78, 5) is 2.42. The average molecular weight is 245 g/mol. The molecule has 3 rings (SSSR count). The van der Waals surface area contributed by atoms with E-state index >= 15 is 0 Å². The lowest BCUT2D eigenvalue weighted by Gasteiger charge is -2.34. The van der Waals surface area contributed by atoms with E-state index in [0.29, 0.717) is 6.04 Å². The van der Waals surface area contributed by atoms with Gasteiger partial charge >= 0.3 is 0 Å². The Bertz CT molecular complexity index is 438. The number of rotatable bonds is 3. The van der Waals surface area contributed by atoms with Gasteiger partial charge in [-0.2, -0.15) is 0 Å². The summed E-state index contributed by atoms with van der Waals surface area (Å²) in [6.07, 6.45) is 5.36. The van der Waals surface area contributed by atoms with Crippen LogP contribution >= 0.6 is 0 Å². The van der Waals surface area contributed by atoms with Crippen molar-refractivity contribution in [2.24, 2.45) is 0 Å². The molecule has 3 heteroatoms. The van der Waals surface area contributed by atoms with E-state index in [1.807, 2.05) is 0 Å². The van der Waals surface area contributed by atoms with Crippen LogP contribution in [-0.4, -0.2) is 32.1 Å². The van der Waals surface area contributed by atoms with Crippen LogP contribution in [0.2, 0.25) is 0 Å². The molecule has 0 radical (unpaired) electrons. The van der Waals surface area contributed by atoms with Gasteiger partial charge in [0.05, 0.1) is 13.2 Å². The van der Waals surface area contributed by atoms with Gasteiger partial charge in [-0.1, -0.05) is 30.4 Å². The molecule has 0 aliphatic carbocycles. The predicted octanol–water partition coefficient (Wildman–Crippen LogP) is 2.67. The summed E-state index contributed by atoms with van der Waals surface area (Å²) in [5.74, 6) is 0. The van der Waals surface area contributed by atoms with E-state index in [0.717, 1.165) is 26.2 Å². The molecule has 0 amide bonds. The van der Waals surface area contributed by atoms with Crippen LogP contribution in [0.3, 0.4) is 0 Å². The Morgan fingerprint density at radius 3 is 2.83 bits per heavy atom. The van der Waals surface area contributed by atoms with Gasteiger partial charge in [0.15, 0.2) is 6.29 Å². The Labute approximate surface area is 108 Å². The van der Waals surface area contributed by atoms with E-state index in [1.165, 1.54) is 11.3 Å². The highest BCUT2D eigenvalue weighted by Gasteiger charge is 2.22. The van der Waals surface area contributed by atoms with Gasteiger partial charge in [0.1, 0.15) is 0 Å². The van der Waals surface area contributed by atoms with Gasteiger partial charge in [-0.05, 0) is 18.6 Å². The van der Waals surface area contributed by atoms with Crippen molar-refractivity contribution in [3.8, 4) is 0 Å². The highest BCUT2D eigenvalue weighted by Crippen LogP contribution is 2.29. The Morgan fingerprint density at radius 1 is 1.22 bits per heavy atom. The van der Waals surface area contributed by atoms with Gasteiger partial charge in [-0.15, -0.1) is 0 Å². The van der Waals surface area contributed by atoms with Crippen LogP contribution in [0.15, 0.2) is 30.3 Å². The van der Waals surface area contributed by atoms with Crippen LogP contribution in [0.25, 0.3) is 6.08 Å². The largest absolute Gasteiger partial charge is 0.365 e. The van der Waals surface area contributed by atoms with Crippen molar-refractivity contribution in [3.05, 3.63) is 35.9 Å². The second-order valence-corrected chi connectivity index (χ2v) is 4.81. The zero-order chi connectivity index (χ0) is 12.4. The third-order valence-corrected chi connectivity index (χ3v) is 3.59. The maximum atomic E-state index is 5.50. The molecule has 0 N–H and O–H groups in total. The molecular formula is C15H19NO2. The summed E-state index contributed by atoms with van der Waals surface area (Å²) < 4.78 is 11.0. The first-order chi connectivity index (χ1) is 8.84. The minimum atomic E-state index is -0.0183. The molecular weight excluding hydrogens is 226 g/mol. The Kier molecular flexibility index (Phi) is 3.35. The maximum Gasteiger partial charge on any atom is 0.159 e. The molecule has 1 unspecified atom stereocenters. The fraction of sp³-hybridized carbons (Fsp3) is 0.467. The number of hydrogen-bond donors (Lipinski definition) is 0. The first-order valence-corrected chi connectivity index (χ1v) is 6.62. The number of ether oxygens (including phenoxy) is 2. The van der Waals surface area contributed by atoms with Crippen LogP contribution < -0.4 is 4.90 Å². The van der Waals surface area contributed by atoms with Crippen LogP contribution in [0.1, 0.15) is 18.9 Å². The summed E-state index contributed by atoms with van der Waals surface area (Å²) in [5, 5.41) is 0. The fourth-order valence-electron chi connectivity index (χ4n) is 2.60. The number of hydrogen-bond acceptors (Lipinski definition) is 3. The molecule has 1 atom stereocenters. The molecule has 96 valence electrons. The van der Waals surface area contributed by atoms with Gasteiger partial charge < -0.3 is 14.4 Å². The first kappa shape index (κ1) is 11.8. The predicted molar refractivity (Wildman–Crippen MR) is 72.6 cm³/mol. The molecule has 2 aliphatic heterocycles. The van der Waals surface area contributed by atoms with Gasteiger partial charge in [-0.25, -0.2) is 0 Å². The zero-order valence-electron chi connectivity index (χ0n) is 10.7. The van der Waals surface area contributed by atoms with Crippen LogP contribution in [0.4, 0.5) is 5.69 Å². The number of para-hydroxylation sites is 1. The molecule has 0 saturated carbocycles. The molecule has 1 saturated heterocycles. The lowest BCUT2D eigenvalue weighted by Crippen LogP contribution is -2.36. The Morgan fingerprint density at radius 2 is 2.00 bits per heavy atom. The molecule has 18 heavy (non-hydrogen) atoms. The summed E-state index contributed by atoms with van der Waals surface area (Å²) >= 11 is 0. The first-order valence-electron chi connectivity index (χ1n) is 6.62. The van der Waals surface area contributed by atoms with Crippen molar-refractivity contribution in [2.45, 2.75) is 25.7 Å². The van der Waals surface area contributed by atoms with Gasteiger partial charge in [0, 0.05) is 24.7 Å². The average Bonchev–Trinajstić information content (AvgIpc) is 2.91. The smallest absolute Gasteiger partial charge is 0.159 e. The summed E-state index contributed by atoms with van der Waals surface area (Å²) in [6, 6.07) is 8.96. The molecule has 0 aromatic heterocycles. The monoisotopic (exact) mass is 245 g/mol. The molecule has 1 aromatic carbocycles. The van der Waals surface area contributed by atoms with Crippen molar-refractivity contribution >= 4 is 11.8 Å². The molecule has 2 heterocycles. The third kappa shape index (κ3) is 2.28. The Hall–Kier alpha value is -1.32. The fourth-order valence-corrected chi connectivity index (χ4v) is 2.60. The van der Waals surface area contributed by atoms with E-state index in [4.69, 9.17) is 9.47 Å². The van der Waals surface area contributed by atoms with Crippen molar-refractivity contribution in [1.82, 2.24) is 0 Å². The number of nitrogens with zero attached hydrogens (tertiary/aromatic N) is 1. The molecule has 2 aliphatic rings. The normalized spacial score (nSPS) is 23.4. The second-order valence-electron chi connectivity index (χ2n) is 4.81. The quantitative estimate of drug-likeness (QED) is 0.817. The molecule has 1 fully saturated rings. The summed E-state index contributed by atoms with van der Waals surface area (Å²) in [7, 11) is 0. The Balaban J connectivity index is 1.72. The van der Waals surface area contributed by atoms with Crippen LogP contribution in [0, 0.1) is 0 Å². The van der Waals surface area contributed by atoms with Crippen molar-refractivity contribution < 1.29 is 9.47 Å². The zero-order valence-corrected chi connectivity index (χ0v) is 10.7. The minimum Gasteiger partial charge on any atom is -0.365 e. The highest BCUT2D eigenvalue weighted by molar-refractivity contribution is 5.72. The topological polar surface area (TPSA) is 21.7 Å². The van der Waals surface area contributed by atoms with E-state index in [2.05, 4.69) is 48.2 Å². The van der Waals surface area contributed by atoms with Crippen molar-refractivity contribution in [2.75, 3.05) is 24.7 Å². The number of anilines is 1. The van der Waals surface area contributed by atoms with Crippen LogP contribution in [-0.2, 0) is 9.47 Å². The second kappa shape index (κ2) is 5.12. The summed E-state index contributed by atoms with van der Waals surface area (Å²) in [5.41, 5.74) is 2.61. The van der Waals surface area contributed by atoms with Crippen LogP contribution in [0.5, 0.6) is 0 Å². The number of fused-ring (bicyclic) bond motifs is 1. The van der Waals surface area contributed by atoms with E-state index in [9.17, 15) is 0 Å². The van der Waals surface area contributed by atoms with E-state index in [1.54, 1.807) is 0 Å². The molecule has 1 aromatic rings. The lowest BCUT2D eigenvalue weighted by molar-refractivity contribution is -0.0450. The van der Waals surface area contributed by atoms with E-state index < -0.39 is 0 Å². The van der Waals surface area contributed by atoms with Crippen molar-refractivity contribution in [1.29, 1.82) is 0 Å². The maximum absolute atomic E-state index is 5.50.